The number of anilines is 4. The van der Waals surface area contributed by atoms with E-state index in [1.165, 1.54) is 0 Å². The van der Waals surface area contributed by atoms with E-state index in [4.69, 9.17) is 0 Å². The normalized spacial score (nSPS) is 18.9. The van der Waals surface area contributed by atoms with Gasteiger partial charge in [0.2, 0.25) is 5.95 Å². The highest BCUT2D eigenvalue weighted by Crippen LogP contribution is 2.38. The molecule has 1 aromatic carbocycles. The van der Waals surface area contributed by atoms with Crippen LogP contribution in [0.4, 0.5) is 36.4 Å². The zero-order chi connectivity index (χ0) is 23.8. The highest BCUT2D eigenvalue weighted by atomic mass is 19.4. The molecule has 0 saturated heterocycles. The maximum Gasteiger partial charge on any atom is 0.421 e. The molecule has 176 valence electrons. The molecular weight excluding hydrogens is 433 g/mol. The van der Waals surface area contributed by atoms with Crippen LogP contribution in [-0.2, 0) is 6.18 Å². The number of hydrogen-bond acceptors (Lipinski definition) is 6. The van der Waals surface area contributed by atoms with Gasteiger partial charge in [0.1, 0.15) is 11.4 Å². The molecule has 0 aliphatic heterocycles. The van der Waals surface area contributed by atoms with Gasteiger partial charge in [-0.3, -0.25) is 5.10 Å². The van der Waals surface area contributed by atoms with Gasteiger partial charge in [-0.1, -0.05) is 18.9 Å². The van der Waals surface area contributed by atoms with Gasteiger partial charge in [-0.05, 0) is 56.4 Å². The molecule has 3 aromatic rings. The lowest BCUT2D eigenvalue weighted by Gasteiger charge is -2.29. The molecule has 1 saturated carbocycles. The summed E-state index contributed by atoms with van der Waals surface area (Å²) in [7, 11) is 0. The second kappa shape index (κ2) is 9.01. The van der Waals surface area contributed by atoms with Crippen molar-refractivity contribution in [2.45, 2.75) is 64.7 Å². The summed E-state index contributed by atoms with van der Waals surface area (Å²) in [6, 6.07) is 5.55. The predicted octanol–water partition coefficient (Wildman–Crippen LogP) is 5.65. The summed E-state index contributed by atoms with van der Waals surface area (Å²) in [5, 5.41) is 22.7. The predicted molar refractivity (Wildman–Crippen MR) is 120 cm³/mol. The Balaban J connectivity index is 1.63. The number of H-pyrrole nitrogens is 1. The Morgan fingerprint density at radius 1 is 1.03 bits per heavy atom. The lowest BCUT2D eigenvalue weighted by atomic mass is 9.79. The van der Waals surface area contributed by atoms with Crippen molar-refractivity contribution in [2.24, 2.45) is 0 Å². The van der Waals surface area contributed by atoms with Crippen LogP contribution in [0.5, 0.6) is 0 Å². The maximum absolute atomic E-state index is 13.5. The van der Waals surface area contributed by atoms with Crippen molar-refractivity contribution >= 4 is 23.3 Å². The highest BCUT2D eigenvalue weighted by molar-refractivity contribution is 5.64. The second-order valence-corrected chi connectivity index (χ2v) is 8.62. The Hall–Kier alpha value is -3.14. The van der Waals surface area contributed by atoms with Crippen molar-refractivity contribution in [3.63, 3.8) is 0 Å². The summed E-state index contributed by atoms with van der Waals surface area (Å²) >= 11 is 0. The van der Waals surface area contributed by atoms with E-state index >= 15 is 0 Å². The van der Waals surface area contributed by atoms with Crippen LogP contribution in [0.3, 0.4) is 0 Å². The topological polar surface area (TPSA) is 98.8 Å². The van der Waals surface area contributed by atoms with Crippen molar-refractivity contribution < 1.29 is 18.3 Å². The molecule has 1 aliphatic carbocycles. The van der Waals surface area contributed by atoms with Crippen LogP contribution in [0.2, 0.25) is 0 Å². The molecule has 4 rings (SSSR count). The van der Waals surface area contributed by atoms with E-state index in [0.29, 0.717) is 11.4 Å². The highest BCUT2D eigenvalue weighted by Gasteiger charge is 2.35. The molecule has 10 heteroatoms. The molecule has 2 aromatic heterocycles. The fourth-order valence-corrected chi connectivity index (χ4v) is 4.32. The van der Waals surface area contributed by atoms with Crippen LogP contribution >= 0.6 is 0 Å². The fourth-order valence-electron chi connectivity index (χ4n) is 4.32. The van der Waals surface area contributed by atoms with E-state index in [2.05, 4.69) is 30.8 Å². The van der Waals surface area contributed by atoms with Crippen LogP contribution in [0.25, 0.3) is 0 Å². The lowest BCUT2D eigenvalue weighted by molar-refractivity contribution is -0.137. The summed E-state index contributed by atoms with van der Waals surface area (Å²) < 4.78 is 40.5. The number of nitrogens with one attached hydrogen (secondary N) is 3. The molecule has 2 heterocycles. The first-order chi connectivity index (χ1) is 15.6. The monoisotopic (exact) mass is 460 g/mol. The fraction of sp³-hybridized carbons (Fsp3) is 0.435. The number of alkyl halides is 3. The van der Waals surface area contributed by atoms with Crippen LogP contribution in [0, 0.1) is 20.8 Å². The van der Waals surface area contributed by atoms with Crippen molar-refractivity contribution in [3.8, 4) is 0 Å². The third-order valence-electron chi connectivity index (χ3n) is 6.04. The number of aliphatic hydroxyl groups is 1. The average Bonchev–Trinajstić information content (AvgIpc) is 3.15. The Morgan fingerprint density at radius 2 is 1.79 bits per heavy atom. The van der Waals surface area contributed by atoms with E-state index in [0.717, 1.165) is 48.6 Å². The van der Waals surface area contributed by atoms with Gasteiger partial charge in [0.15, 0.2) is 5.82 Å². The third-order valence-corrected chi connectivity index (χ3v) is 6.04. The number of aliphatic hydroxyl groups excluding tert-OH is 1. The van der Waals surface area contributed by atoms with Gasteiger partial charge in [0.05, 0.1) is 6.10 Å². The SMILES string of the molecule is Cc1cc(Nc2nc(Nc3cc(C)c(C4CCCCC4O)cc3C)ncc2C(F)(F)F)n[nH]1. The van der Waals surface area contributed by atoms with E-state index in [1.54, 1.807) is 13.0 Å². The first kappa shape index (κ1) is 23.0. The number of halogens is 3. The molecule has 4 N–H and O–H groups in total. The minimum Gasteiger partial charge on any atom is -0.392 e. The van der Waals surface area contributed by atoms with Crippen molar-refractivity contribution in [1.82, 2.24) is 20.2 Å². The van der Waals surface area contributed by atoms with Gasteiger partial charge in [-0.2, -0.15) is 23.3 Å². The number of benzene rings is 1. The summed E-state index contributed by atoms with van der Waals surface area (Å²) in [5.41, 5.74) is 3.43. The molecule has 0 bridgehead atoms. The minimum absolute atomic E-state index is 0.0331. The molecule has 33 heavy (non-hydrogen) atoms. The summed E-state index contributed by atoms with van der Waals surface area (Å²) in [6.45, 7) is 5.63. The standard InChI is InChI=1S/C23H27F3N6O/c1-12-9-18(13(2)8-16(12)15-6-4-5-7-19(15)33)28-22-27-11-17(23(24,25)26)21(30-22)29-20-10-14(3)31-32-20/h8-11,15,19,33H,4-7H2,1-3H3,(H3,27,28,29,30,31,32). The number of aryl methyl sites for hydroxylation is 3. The number of rotatable bonds is 5. The second-order valence-electron chi connectivity index (χ2n) is 8.62. The minimum atomic E-state index is -4.62. The summed E-state index contributed by atoms with van der Waals surface area (Å²) in [6.07, 6.45) is -0.355. The van der Waals surface area contributed by atoms with E-state index < -0.39 is 11.7 Å². The first-order valence-electron chi connectivity index (χ1n) is 10.9. The molecule has 0 radical (unpaired) electrons. The van der Waals surface area contributed by atoms with Crippen molar-refractivity contribution in [2.75, 3.05) is 10.6 Å². The van der Waals surface area contributed by atoms with Crippen molar-refractivity contribution in [3.05, 3.63) is 52.3 Å². The van der Waals surface area contributed by atoms with Gasteiger partial charge in [-0.15, -0.1) is 0 Å². The maximum atomic E-state index is 13.5. The van der Waals surface area contributed by atoms with Gasteiger partial charge >= 0.3 is 6.18 Å². The van der Waals surface area contributed by atoms with Gasteiger partial charge in [-0.25, -0.2) is 4.98 Å². The average molecular weight is 461 g/mol. The molecule has 7 nitrogen and oxygen atoms in total. The molecule has 2 atom stereocenters. The van der Waals surface area contributed by atoms with E-state index in [-0.39, 0.29) is 29.6 Å². The Bertz CT molecular complexity index is 1140. The van der Waals surface area contributed by atoms with Crippen LogP contribution in [-0.4, -0.2) is 31.4 Å². The zero-order valence-electron chi connectivity index (χ0n) is 18.7. The number of aromatic nitrogens is 4. The smallest absolute Gasteiger partial charge is 0.392 e. The van der Waals surface area contributed by atoms with Crippen LogP contribution in [0.1, 0.15) is 59.5 Å². The van der Waals surface area contributed by atoms with E-state index in [1.807, 2.05) is 26.0 Å². The zero-order valence-corrected chi connectivity index (χ0v) is 18.7. The van der Waals surface area contributed by atoms with Crippen molar-refractivity contribution in [1.29, 1.82) is 0 Å². The molecule has 1 fully saturated rings. The van der Waals surface area contributed by atoms with Crippen LogP contribution in [0.15, 0.2) is 24.4 Å². The number of hydrogen-bond donors (Lipinski definition) is 4. The molecular formula is C23H27F3N6O. The first-order valence-corrected chi connectivity index (χ1v) is 10.9. The summed E-state index contributed by atoms with van der Waals surface area (Å²) in [5.74, 6) is -0.0273. The Labute approximate surface area is 189 Å². The molecule has 2 unspecified atom stereocenters. The Kier molecular flexibility index (Phi) is 6.29. The lowest BCUT2D eigenvalue weighted by Crippen LogP contribution is -2.23. The van der Waals surface area contributed by atoms with E-state index in [9.17, 15) is 18.3 Å². The largest absolute Gasteiger partial charge is 0.421 e. The van der Waals surface area contributed by atoms with Gasteiger partial charge < -0.3 is 15.7 Å². The number of aromatic amines is 1. The van der Waals surface area contributed by atoms with Gasteiger partial charge in [0, 0.05) is 29.6 Å². The third kappa shape index (κ3) is 5.11. The molecule has 0 spiro atoms. The molecule has 0 amide bonds. The van der Waals surface area contributed by atoms with Crippen LogP contribution < -0.4 is 10.6 Å². The summed E-state index contributed by atoms with van der Waals surface area (Å²) in [4.78, 5) is 7.98. The van der Waals surface area contributed by atoms with Gasteiger partial charge in [0.25, 0.3) is 0 Å². The number of nitrogens with zero attached hydrogens (tertiary/aromatic N) is 3. The Morgan fingerprint density at radius 3 is 2.45 bits per heavy atom. The molecule has 1 aliphatic rings. The quantitative estimate of drug-likeness (QED) is 0.393.